The lowest BCUT2D eigenvalue weighted by molar-refractivity contribution is 0.253. The van der Waals surface area contributed by atoms with Crippen molar-refractivity contribution in [3.05, 3.63) is 35.4 Å². The number of rotatable bonds is 0. The van der Waals surface area contributed by atoms with Crippen molar-refractivity contribution >= 4 is 0 Å². The molecule has 3 fully saturated rings. The van der Waals surface area contributed by atoms with E-state index >= 15 is 0 Å². The maximum absolute atomic E-state index is 2.37. The zero-order chi connectivity index (χ0) is 7.55. The summed E-state index contributed by atoms with van der Waals surface area (Å²) < 4.78 is 0. The average Bonchev–Trinajstić information content (AvgIpc) is 2.93. The summed E-state index contributed by atoms with van der Waals surface area (Å²) in [5, 5.41) is 0. The van der Waals surface area contributed by atoms with E-state index in [1.165, 1.54) is 6.42 Å². The van der Waals surface area contributed by atoms with Crippen LogP contribution in [0.25, 0.3) is 0 Å². The Morgan fingerprint density at radius 2 is 2.00 bits per heavy atom. The molecule has 2 atom stereocenters. The van der Waals surface area contributed by atoms with E-state index in [0.29, 0.717) is 0 Å². The predicted molar refractivity (Wildman–Crippen MR) is 45.9 cm³/mol. The van der Waals surface area contributed by atoms with E-state index < -0.39 is 0 Å². The second-order valence-corrected chi connectivity index (χ2v) is 5.15. The van der Waals surface area contributed by atoms with Crippen LogP contribution in [-0.2, 0) is 6.42 Å². The van der Waals surface area contributed by atoms with Crippen LogP contribution < -0.4 is 0 Å². The van der Waals surface area contributed by atoms with Crippen LogP contribution in [0.5, 0.6) is 0 Å². The summed E-state index contributed by atoms with van der Waals surface area (Å²) in [7, 11) is 0. The van der Waals surface area contributed by atoms with Gasteiger partial charge in [0, 0.05) is 0 Å². The molecule has 2 spiro atoms. The molecule has 6 rings (SSSR count). The molecule has 0 heterocycles. The van der Waals surface area contributed by atoms with E-state index in [0.717, 1.165) is 22.7 Å². The summed E-state index contributed by atoms with van der Waals surface area (Å²) in [5.41, 5.74) is 5.21. The van der Waals surface area contributed by atoms with Gasteiger partial charge < -0.3 is 0 Å². The Kier molecular flexibility index (Phi) is 0.429. The Labute approximate surface area is 71.6 Å². The molecule has 0 heteroatoms. The van der Waals surface area contributed by atoms with Gasteiger partial charge in [-0.3, -0.25) is 0 Å². The minimum atomic E-state index is 0.918. The summed E-state index contributed by atoms with van der Waals surface area (Å²) in [6.07, 6.45) is 3.00. The van der Waals surface area contributed by atoms with Crippen LogP contribution in [0.15, 0.2) is 24.3 Å². The van der Waals surface area contributed by atoms with Crippen LogP contribution in [0.3, 0.4) is 0 Å². The van der Waals surface area contributed by atoms with Crippen molar-refractivity contribution in [3.63, 3.8) is 0 Å². The molecule has 0 nitrogen and oxygen atoms in total. The molecule has 5 aliphatic rings. The van der Waals surface area contributed by atoms with Crippen LogP contribution in [0.4, 0.5) is 0 Å². The molecule has 0 amide bonds. The molecule has 0 aliphatic heterocycles. The lowest BCUT2D eigenvalue weighted by Gasteiger charge is -2.37. The van der Waals surface area contributed by atoms with Crippen LogP contribution in [0.2, 0.25) is 0 Å². The van der Waals surface area contributed by atoms with Crippen LogP contribution in [-0.4, -0.2) is 0 Å². The minimum absolute atomic E-state index is 0.918. The van der Waals surface area contributed by atoms with Crippen LogP contribution >= 0.6 is 0 Å². The van der Waals surface area contributed by atoms with Crippen molar-refractivity contribution in [1.82, 2.24) is 0 Å². The largest absolute Gasteiger partial charge is 0.0620 e. The zero-order valence-electron chi connectivity index (χ0n) is 6.88. The average molecular weight is 154 g/mol. The monoisotopic (exact) mass is 154 g/mol. The van der Waals surface area contributed by atoms with Crippen molar-refractivity contribution in [2.24, 2.45) is 16.7 Å². The van der Waals surface area contributed by atoms with Crippen molar-refractivity contribution in [2.75, 3.05) is 0 Å². The molecule has 1 aromatic carbocycles. The Balaban J connectivity index is 1.84. The third-order valence-electron chi connectivity index (χ3n) is 5.22. The topological polar surface area (TPSA) is 0 Å². The van der Waals surface area contributed by atoms with Crippen molar-refractivity contribution in [3.8, 4) is 0 Å². The molecule has 1 aromatic rings. The van der Waals surface area contributed by atoms with Gasteiger partial charge in [-0.2, -0.15) is 0 Å². The van der Waals surface area contributed by atoms with E-state index in [1.807, 2.05) is 0 Å². The molecule has 58 valence electrons. The van der Waals surface area contributed by atoms with Crippen molar-refractivity contribution in [2.45, 2.75) is 18.8 Å². The zero-order valence-corrected chi connectivity index (χ0v) is 6.88. The smallest absolute Gasteiger partial charge is 0.00283 e. The van der Waals surface area contributed by atoms with Gasteiger partial charge in [-0.15, -0.1) is 0 Å². The molecule has 0 radical (unpaired) electrons. The quantitative estimate of drug-likeness (QED) is 0.538. The molecule has 0 N–H and O–H groups in total. The number of hydrogen-bond donors (Lipinski definition) is 0. The lowest BCUT2D eigenvalue weighted by atomic mass is 9.66. The highest BCUT2D eigenvalue weighted by atomic mass is 15.1. The molecule has 0 saturated heterocycles. The SMILES string of the molecule is c1ccc2c(c1)CC1C34CC13C24. The van der Waals surface area contributed by atoms with Gasteiger partial charge in [0.15, 0.2) is 0 Å². The third kappa shape index (κ3) is 0.237. The van der Waals surface area contributed by atoms with Gasteiger partial charge in [-0.25, -0.2) is 0 Å². The van der Waals surface area contributed by atoms with Crippen LogP contribution in [0, 0.1) is 16.7 Å². The van der Waals surface area contributed by atoms with Gasteiger partial charge in [0.1, 0.15) is 0 Å². The molecular weight excluding hydrogens is 144 g/mol. The Hall–Kier alpha value is -0.780. The summed E-state index contributed by atoms with van der Waals surface area (Å²) >= 11 is 0. The Bertz CT molecular complexity index is 417. The maximum atomic E-state index is 2.37. The van der Waals surface area contributed by atoms with E-state index in [9.17, 15) is 0 Å². The Morgan fingerprint density at radius 1 is 1.17 bits per heavy atom. The van der Waals surface area contributed by atoms with Gasteiger partial charge in [0.2, 0.25) is 0 Å². The fourth-order valence-corrected chi connectivity index (χ4v) is 4.47. The molecule has 12 heavy (non-hydrogen) atoms. The highest BCUT2D eigenvalue weighted by Gasteiger charge is 3.11. The van der Waals surface area contributed by atoms with E-state index in [2.05, 4.69) is 24.3 Å². The summed E-state index contributed by atoms with van der Waals surface area (Å²) in [5.74, 6) is 2.19. The van der Waals surface area contributed by atoms with Crippen LogP contribution in [0.1, 0.15) is 23.5 Å². The van der Waals surface area contributed by atoms with E-state index in [1.54, 1.807) is 17.5 Å². The first-order valence-electron chi connectivity index (χ1n) is 4.99. The standard InChI is InChI=1S/C12H10/c1-2-4-8-7(3-1)5-9-11-6-12(9,11)10(8)11/h1-4,9-10H,5-6H2. The Morgan fingerprint density at radius 3 is 2.83 bits per heavy atom. The molecular formula is C12H10. The van der Waals surface area contributed by atoms with Gasteiger partial charge in [-0.05, 0) is 46.6 Å². The second-order valence-electron chi connectivity index (χ2n) is 5.15. The maximum Gasteiger partial charge on any atom is -0.00283 e. The highest BCUT2D eigenvalue weighted by Crippen LogP contribution is 3.16. The van der Waals surface area contributed by atoms with Gasteiger partial charge in [-0.1, -0.05) is 24.3 Å². The first-order chi connectivity index (χ1) is 5.91. The number of hydrogen-bond acceptors (Lipinski definition) is 0. The molecule has 2 unspecified atom stereocenters. The van der Waals surface area contributed by atoms with Gasteiger partial charge >= 0.3 is 0 Å². The molecule has 3 saturated carbocycles. The third-order valence-corrected chi connectivity index (χ3v) is 5.22. The highest BCUT2D eigenvalue weighted by molar-refractivity contribution is 5.69. The first-order valence-corrected chi connectivity index (χ1v) is 4.99. The fourth-order valence-electron chi connectivity index (χ4n) is 4.47. The van der Waals surface area contributed by atoms with E-state index in [-0.39, 0.29) is 0 Å². The predicted octanol–water partition coefficient (Wildman–Crippen LogP) is 2.35. The van der Waals surface area contributed by atoms with Gasteiger partial charge in [0.25, 0.3) is 0 Å². The molecule has 2 bridgehead atoms. The normalized spacial score (nSPS) is 59.7. The summed E-state index contributed by atoms with van der Waals surface area (Å²) in [6.45, 7) is 0. The second kappa shape index (κ2) is 1.02. The number of benzene rings is 1. The summed E-state index contributed by atoms with van der Waals surface area (Å²) in [4.78, 5) is 0. The molecule has 5 aliphatic carbocycles. The molecule has 0 aromatic heterocycles. The van der Waals surface area contributed by atoms with E-state index in [4.69, 9.17) is 0 Å². The van der Waals surface area contributed by atoms with Gasteiger partial charge in [0.05, 0.1) is 0 Å². The van der Waals surface area contributed by atoms with Crippen molar-refractivity contribution < 1.29 is 0 Å². The minimum Gasteiger partial charge on any atom is -0.0620 e. The summed E-state index contributed by atoms with van der Waals surface area (Å²) in [6, 6.07) is 9.11. The fraction of sp³-hybridized carbons (Fsp3) is 0.500. The first kappa shape index (κ1) is 5.06. The van der Waals surface area contributed by atoms with Crippen molar-refractivity contribution in [1.29, 1.82) is 0 Å². The lowest BCUT2D eigenvalue weighted by Crippen LogP contribution is -2.29.